The summed E-state index contributed by atoms with van der Waals surface area (Å²) in [4.78, 5) is 34.3. The number of amides is 3. The Bertz CT molecular complexity index is 329. The largest absolute Gasteiger partial charge is 0.356 e. The molecule has 0 aliphatic heterocycles. The van der Waals surface area contributed by atoms with Gasteiger partial charge in [-0.05, 0) is 19.8 Å². The van der Waals surface area contributed by atoms with Crippen molar-refractivity contribution in [1.29, 1.82) is 0 Å². The highest BCUT2D eigenvalue weighted by Crippen LogP contribution is 1.98. The van der Waals surface area contributed by atoms with Crippen molar-refractivity contribution in [3.8, 4) is 0 Å². The van der Waals surface area contributed by atoms with E-state index in [1.807, 2.05) is 0 Å². The molecule has 0 bridgehead atoms. The van der Waals surface area contributed by atoms with Gasteiger partial charge in [-0.3, -0.25) is 14.4 Å². The first-order valence-electron chi connectivity index (χ1n) is 6.50. The number of likely N-dealkylation sites (N-methyl/N-ethyl adjacent to an activating group) is 1. The van der Waals surface area contributed by atoms with E-state index in [0.717, 1.165) is 0 Å². The Balaban J connectivity index is 4.12. The molecule has 6 nitrogen and oxygen atoms in total. The van der Waals surface area contributed by atoms with E-state index in [0.29, 0.717) is 37.7 Å². The molecule has 0 saturated carbocycles. The SMILES string of the molecule is CCNC(=O)C(CCCNC(=O)CCBr)NC(=O)CCl. The lowest BCUT2D eigenvalue weighted by molar-refractivity contribution is -0.128. The Labute approximate surface area is 132 Å². The molecule has 3 amide bonds. The third kappa shape index (κ3) is 9.14. The van der Waals surface area contributed by atoms with Crippen LogP contribution in [0.3, 0.4) is 0 Å². The van der Waals surface area contributed by atoms with Gasteiger partial charge in [0.2, 0.25) is 17.7 Å². The van der Waals surface area contributed by atoms with E-state index < -0.39 is 6.04 Å². The maximum Gasteiger partial charge on any atom is 0.242 e. The molecule has 0 fully saturated rings. The maximum absolute atomic E-state index is 11.8. The molecule has 116 valence electrons. The van der Waals surface area contributed by atoms with E-state index in [4.69, 9.17) is 11.6 Å². The number of carbonyl (C=O) groups excluding carboxylic acids is 3. The zero-order valence-corrected chi connectivity index (χ0v) is 13.8. The molecule has 0 radical (unpaired) electrons. The van der Waals surface area contributed by atoms with Crippen LogP contribution >= 0.6 is 27.5 Å². The second-order valence-electron chi connectivity index (χ2n) is 4.08. The number of nitrogens with one attached hydrogen (secondary N) is 3. The molecule has 0 aromatic rings. The summed E-state index contributed by atoms with van der Waals surface area (Å²) in [5.74, 6) is -0.844. The summed E-state index contributed by atoms with van der Waals surface area (Å²) in [6.07, 6.45) is 1.46. The minimum atomic E-state index is -0.616. The van der Waals surface area contributed by atoms with Crippen molar-refractivity contribution in [3.05, 3.63) is 0 Å². The molecule has 0 rings (SSSR count). The number of rotatable bonds is 10. The van der Waals surface area contributed by atoms with Crippen molar-refractivity contribution in [2.45, 2.75) is 32.2 Å². The summed E-state index contributed by atoms with van der Waals surface area (Å²) in [6.45, 7) is 2.77. The first-order chi connectivity index (χ1) is 9.54. The van der Waals surface area contributed by atoms with Crippen molar-refractivity contribution in [1.82, 2.24) is 16.0 Å². The molecule has 8 heteroatoms. The topological polar surface area (TPSA) is 87.3 Å². The lowest BCUT2D eigenvalue weighted by Gasteiger charge is -2.17. The number of hydrogen-bond donors (Lipinski definition) is 3. The zero-order chi connectivity index (χ0) is 15.4. The van der Waals surface area contributed by atoms with Gasteiger partial charge < -0.3 is 16.0 Å². The van der Waals surface area contributed by atoms with Crippen molar-refractivity contribution in [2.24, 2.45) is 0 Å². The molecule has 3 N–H and O–H groups in total. The van der Waals surface area contributed by atoms with Crippen LogP contribution in [0.15, 0.2) is 0 Å². The average molecular weight is 371 g/mol. The Morgan fingerprint density at radius 1 is 1.20 bits per heavy atom. The van der Waals surface area contributed by atoms with Gasteiger partial charge in [-0.1, -0.05) is 15.9 Å². The second-order valence-corrected chi connectivity index (χ2v) is 5.14. The van der Waals surface area contributed by atoms with Crippen molar-refractivity contribution >= 4 is 45.3 Å². The Morgan fingerprint density at radius 2 is 1.90 bits per heavy atom. The van der Waals surface area contributed by atoms with Gasteiger partial charge in [0.15, 0.2) is 0 Å². The first kappa shape index (κ1) is 19.2. The summed E-state index contributed by atoms with van der Waals surface area (Å²) >= 11 is 8.59. The molecule has 0 aliphatic carbocycles. The average Bonchev–Trinajstić information content (AvgIpc) is 2.42. The minimum absolute atomic E-state index is 0.0405. The quantitative estimate of drug-likeness (QED) is 0.387. The summed E-state index contributed by atoms with van der Waals surface area (Å²) in [6, 6.07) is -0.616. The van der Waals surface area contributed by atoms with Gasteiger partial charge in [-0.2, -0.15) is 0 Å². The summed E-state index contributed by atoms with van der Waals surface area (Å²) in [7, 11) is 0. The van der Waals surface area contributed by atoms with Gasteiger partial charge >= 0.3 is 0 Å². The number of halogens is 2. The van der Waals surface area contributed by atoms with Crippen molar-refractivity contribution in [2.75, 3.05) is 24.3 Å². The van der Waals surface area contributed by atoms with Crippen LogP contribution in [0, 0.1) is 0 Å². The highest BCUT2D eigenvalue weighted by molar-refractivity contribution is 9.09. The van der Waals surface area contributed by atoms with Crippen LogP contribution in [0.1, 0.15) is 26.2 Å². The van der Waals surface area contributed by atoms with E-state index in [1.165, 1.54) is 0 Å². The van der Waals surface area contributed by atoms with Crippen LogP contribution in [0.25, 0.3) is 0 Å². The Hall–Kier alpha value is -0.820. The van der Waals surface area contributed by atoms with Gasteiger partial charge in [-0.15, -0.1) is 11.6 Å². The van der Waals surface area contributed by atoms with Crippen molar-refractivity contribution in [3.63, 3.8) is 0 Å². The van der Waals surface area contributed by atoms with Crippen LogP contribution in [0.2, 0.25) is 0 Å². The van der Waals surface area contributed by atoms with Crippen LogP contribution in [-0.4, -0.2) is 48.1 Å². The molecule has 1 atom stereocenters. The molecule has 0 aromatic carbocycles. The molecule has 20 heavy (non-hydrogen) atoms. The molecule has 0 heterocycles. The zero-order valence-electron chi connectivity index (χ0n) is 11.5. The van der Waals surface area contributed by atoms with Gasteiger partial charge in [0.25, 0.3) is 0 Å². The van der Waals surface area contributed by atoms with Gasteiger partial charge in [0.1, 0.15) is 11.9 Å². The smallest absolute Gasteiger partial charge is 0.242 e. The van der Waals surface area contributed by atoms with Crippen LogP contribution in [0.5, 0.6) is 0 Å². The first-order valence-corrected chi connectivity index (χ1v) is 8.16. The molecule has 0 aliphatic rings. The highest BCUT2D eigenvalue weighted by atomic mass is 79.9. The predicted molar refractivity (Wildman–Crippen MR) is 82.0 cm³/mol. The molecule has 0 spiro atoms. The predicted octanol–water partition coefficient (Wildman–Crippen LogP) is 0.527. The monoisotopic (exact) mass is 369 g/mol. The van der Waals surface area contributed by atoms with E-state index >= 15 is 0 Å². The Kier molecular flexibility index (Phi) is 11.5. The fraction of sp³-hybridized carbons (Fsp3) is 0.750. The van der Waals surface area contributed by atoms with Crippen molar-refractivity contribution < 1.29 is 14.4 Å². The van der Waals surface area contributed by atoms with Gasteiger partial charge in [0.05, 0.1) is 0 Å². The molecular weight excluding hydrogens is 350 g/mol. The van der Waals surface area contributed by atoms with Crippen LogP contribution < -0.4 is 16.0 Å². The standard InChI is InChI=1S/C12H21BrClN3O3/c1-2-15-12(20)9(17-11(19)8-14)4-3-7-16-10(18)5-6-13/h9H,2-8H2,1H3,(H,15,20)(H,16,18)(H,17,19). The van der Waals surface area contributed by atoms with Crippen LogP contribution in [0.4, 0.5) is 0 Å². The fourth-order valence-corrected chi connectivity index (χ4v) is 1.94. The van der Waals surface area contributed by atoms with E-state index in [-0.39, 0.29) is 23.6 Å². The molecular formula is C12H21BrClN3O3. The van der Waals surface area contributed by atoms with E-state index in [1.54, 1.807) is 6.92 Å². The summed E-state index contributed by atoms with van der Waals surface area (Å²) < 4.78 is 0. The fourth-order valence-electron chi connectivity index (χ4n) is 1.51. The maximum atomic E-state index is 11.8. The molecule has 1 unspecified atom stereocenters. The van der Waals surface area contributed by atoms with E-state index in [2.05, 4.69) is 31.9 Å². The number of hydrogen-bond acceptors (Lipinski definition) is 3. The highest BCUT2D eigenvalue weighted by Gasteiger charge is 2.19. The number of alkyl halides is 2. The number of carbonyl (C=O) groups is 3. The third-order valence-corrected chi connectivity index (χ3v) is 3.08. The Morgan fingerprint density at radius 3 is 2.45 bits per heavy atom. The summed E-state index contributed by atoms with van der Waals surface area (Å²) in [5, 5.41) is 8.57. The third-order valence-electron chi connectivity index (χ3n) is 2.44. The van der Waals surface area contributed by atoms with Gasteiger partial charge in [-0.25, -0.2) is 0 Å². The minimum Gasteiger partial charge on any atom is -0.356 e. The molecule has 0 aromatic heterocycles. The normalized spacial score (nSPS) is 11.6. The lowest BCUT2D eigenvalue weighted by atomic mass is 10.1. The second kappa shape index (κ2) is 12.0. The summed E-state index contributed by atoms with van der Waals surface area (Å²) in [5.41, 5.74) is 0. The van der Waals surface area contributed by atoms with Gasteiger partial charge in [0, 0.05) is 24.8 Å². The van der Waals surface area contributed by atoms with E-state index in [9.17, 15) is 14.4 Å². The lowest BCUT2D eigenvalue weighted by Crippen LogP contribution is -2.47. The van der Waals surface area contributed by atoms with Crippen LogP contribution in [-0.2, 0) is 14.4 Å². The molecule has 0 saturated heterocycles.